The summed E-state index contributed by atoms with van der Waals surface area (Å²) in [7, 11) is 0. The van der Waals surface area contributed by atoms with Crippen molar-refractivity contribution in [2.75, 3.05) is 0 Å². The molecule has 0 fully saturated rings. The number of nitrogens with one attached hydrogen (secondary N) is 1. The van der Waals surface area contributed by atoms with Crippen molar-refractivity contribution in [2.24, 2.45) is 0 Å². The Hall–Kier alpha value is -4.07. The molecule has 4 aromatic rings. The van der Waals surface area contributed by atoms with Crippen LogP contribution in [0.4, 0.5) is 26.3 Å². The van der Waals surface area contributed by atoms with E-state index in [4.69, 9.17) is 0 Å². The lowest BCUT2D eigenvalue weighted by Crippen LogP contribution is -2.45. The number of halogens is 6. The molecule has 41 heavy (non-hydrogen) atoms. The van der Waals surface area contributed by atoms with Gasteiger partial charge >= 0.3 is 12.4 Å². The number of hydrogen-bond acceptors (Lipinski definition) is 1. The molecular weight excluding hydrogens is 540 g/mol. The first-order chi connectivity index (χ1) is 19.5. The highest BCUT2D eigenvalue weighted by molar-refractivity contribution is 5.55. The van der Waals surface area contributed by atoms with Gasteiger partial charge in [-0.2, -0.15) is 26.3 Å². The first kappa shape index (κ1) is 31.5. The molecule has 2 nitrogen and oxygen atoms in total. The number of carbonyl (C=O) groups is 1. The highest BCUT2D eigenvalue weighted by Gasteiger charge is 2.39. The minimum Gasteiger partial charge on any atom is -0.345 e. The van der Waals surface area contributed by atoms with Crippen LogP contribution in [0, 0.1) is 0 Å². The summed E-state index contributed by atoms with van der Waals surface area (Å²) in [6.07, 6.45) is -5.28. The monoisotopic (exact) mass is 571 g/mol. The van der Waals surface area contributed by atoms with Gasteiger partial charge in [-0.25, -0.2) is 0 Å². The molecule has 0 aliphatic rings. The summed E-state index contributed by atoms with van der Waals surface area (Å²) in [4.78, 5) is 11.6. The summed E-state index contributed by atoms with van der Waals surface area (Å²) in [6, 6.07) is 27.6. The topological polar surface area (TPSA) is 29.1 Å². The fourth-order valence-corrected chi connectivity index (χ4v) is 4.54. The second-order valence-electron chi connectivity index (χ2n) is 9.58. The molecule has 1 amide bonds. The van der Waals surface area contributed by atoms with Crippen LogP contribution in [-0.4, -0.2) is 6.41 Å². The molecule has 8 heteroatoms. The molecule has 4 aromatic carbocycles. The number of rotatable bonds is 9. The number of alkyl halides is 6. The third kappa shape index (κ3) is 8.71. The molecular formula is C33H31F6NO. The lowest BCUT2D eigenvalue weighted by molar-refractivity contribution is -0.138. The Labute approximate surface area is 236 Å². The maximum absolute atomic E-state index is 13.4. The van der Waals surface area contributed by atoms with Crippen LogP contribution in [-0.2, 0) is 35.5 Å². The van der Waals surface area contributed by atoms with Gasteiger partial charge in [-0.15, -0.1) is 0 Å². The van der Waals surface area contributed by atoms with E-state index in [-0.39, 0.29) is 24.0 Å². The van der Waals surface area contributed by atoms with Crippen LogP contribution in [0.5, 0.6) is 0 Å². The van der Waals surface area contributed by atoms with E-state index >= 15 is 0 Å². The largest absolute Gasteiger partial charge is 0.416 e. The first-order valence-corrected chi connectivity index (χ1v) is 13.1. The van der Waals surface area contributed by atoms with E-state index in [0.29, 0.717) is 5.56 Å². The number of benzene rings is 4. The summed E-state index contributed by atoms with van der Waals surface area (Å²) in [6.45, 7) is 2.23. The predicted molar refractivity (Wildman–Crippen MR) is 148 cm³/mol. The molecule has 216 valence electrons. The van der Waals surface area contributed by atoms with Crippen molar-refractivity contribution < 1.29 is 31.1 Å². The van der Waals surface area contributed by atoms with Crippen LogP contribution in [0.25, 0.3) is 0 Å². The van der Waals surface area contributed by atoms with Crippen molar-refractivity contribution in [1.29, 1.82) is 0 Å². The molecule has 0 aromatic heterocycles. The quantitative estimate of drug-likeness (QED) is 0.158. The van der Waals surface area contributed by atoms with Crippen LogP contribution in [0.2, 0.25) is 0 Å². The van der Waals surface area contributed by atoms with Crippen molar-refractivity contribution in [3.05, 3.63) is 143 Å². The lowest BCUT2D eigenvalue weighted by Gasteiger charge is -2.36. The summed E-state index contributed by atoms with van der Waals surface area (Å²) < 4.78 is 80.1. The molecule has 0 aliphatic carbocycles. The molecule has 0 heterocycles. The van der Waals surface area contributed by atoms with Crippen molar-refractivity contribution in [3.63, 3.8) is 0 Å². The normalized spacial score (nSPS) is 11.8. The number of carbonyl (C=O) groups excluding carboxylic acids is 1. The Kier molecular flexibility index (Phi) is 10.8. The van der Waals surface area contributed by atoms with Crippen LogP contribution in [0.1, 0.15) is 53.1 Å². The van der Waals surface area contributed by atoms with Crippen molar-refractivity contribution in [3.8, 4) is 0 Å². The van der Waals surface area contributed by atoms with Crippen LogP contribution < -0.4 is 5.32 Å². The zero-order valence-corrected chi connectivity index (χ0v) is 22.5. The number of hydrogen-bond donors (Lipinski definition) is 1. The van der Waals surface area contributed by atoms with Crippen molar-refractivity contribution >= 4 is 6.41 Å². The van der Waals surface area contributed by atoms with E-state index in [1.165, 1.54) is 37.0 Å². The van der Waals surface area contributed by atoms with Gasteiger partial charge in [0.15, 0.2) is 0 Å². The van der Waals surface area contributed by atoms with Crippen LogP contribution in [0.15, 0.2) is 109 Å². The van der Waals surface area contributed by atoms with Crippen LogP contribution >= 0.6 is 0 Å². The minimum absolute atomic E-state index is 0.0117. The predicted octanol–water partition coefficient (Wildman–Crippen LogP) is 8.99. The van der Waals surface area contributed by atoms with Crippen LogP contribution in [0.3, 0.4) is 0 Å². The second kappa shape index (κ2) is 14.0. The minimum atomic E-state index is -4.66. The highest BCUT2D eigenvalue weighted by atomic mass is 19.4. The summed E-state index contributed by atoms with van der Waals surface area (Å²) in [5, 5.41) is 2.52. The van der Waals surface area contributed by atoms with Crippen molar-refractivity contribution in [1.82, 2.24) is 5.32 Å². The lowest BCUT2D eigenvalue weighted by atomic mass is 9.77. The van der Waals surface area contributed by atoms with E-state index in [1.54, 1.807) is 30.3 Å². The van der Waals surface area contributed by atoms with Crippen molar-refractivity contribution in [2.45, 2.75) is 50.5 Å². The zero-order chi connectivity index (χ0) is 29.9. The SMILES string of the molecule is CCCCc1ccccc1.O=CNC(Cc1ccccc1)(c1cccc(C(F)(F)F)c1)c1cccc(C(F)(F)F)c1. The number of unbranched alkanes of at least 4 members (excludes halogenated alkanes) is 1. The molecule has 0 radical (unpaired) electrons. The van der Waals surface area contributed by atoms with Gasteiger partial charge in [-0.3, -0.25) is 4.79 Å². The molecule has 0 bridgehead atoms. The fraction of sp³-hybridized carbons (Fsp3) is 0.242. The van der Waals surface area contributed by atoms with Gasteiger partial charge in [-0.1, -0.05) is 98.3 Å². The summed E-state index contributed by atoms with van der Waals surface area (Å²) in [5.41, 5.74) is -1.50. The Morgan fingerprint density at radius 1 is 0.610 bits per heavy atom. The molecule has 0 unspecified atom stereocenters. The van der Waals surface area contributed by atoms with Gasteiger partial charge < -0.3 is 5.32 Å². The van der Waals surface area contributed by atoms with Gasteiger partial charge in [0.25, 0.3) is 0 Å². The Balaban J connectivity index is 0.000000389. The maximum atomic E-state index is 13.4. The van der Waals surface area contributed by atoms with E-state index in [9.17, 15) is 31.1 Å². The first-order valence-electron chi connectivity index (χ1n) is 13.1. The van der Waals surface area contributed by atoms with Gasteiger partial charge in [0, 0.05) is 6.42 Å². The molecule has 1 N–H and O–H groups in total. The number of aryl methyl sites for hydroxylation is 1. The Bertz CT molecular complexity index is 1310. The average Bonchev–Trinajstić information content (AvgIpc) is 2.96. The summed E-state index contributed by atoms with van der Waals surface area (Å²) >= 11 is 0. The molecule has 4 rings (SSSR count). The third-order valence-corrected chi connectivity index (χ3v) is 6.64. The van der Waals surface area contributed by atoms with E-state index in [0.717, 1.165) is 36.4 Å². The standard InChI is InChI=1S/C23H17F6NO.C10H14/c24-22(25,26)19-10-4-8-17(12-19)21(30-15-31,14-16-6-2-1-3-7-16)18-9-5-11-20(13-18)23(27,28)29;1-2-3-7-10-8-5-4-6-9-10/h1-13,15H,14H2,(H,30,31);4-6,8-9H,2-3,7H2,1H3. The zero-order valence-electron chi connectivity index (χ0n) is 22.5. The Morgan fingerprint density at radius 2 is 1.05 bits per heavy atom. The molecule has 0 saturated heterocycles. The third-order valence-electron chi connectivity index (χ3n) is 6.64. The van der Waals surface area contributed by atoms with Gasteiger partial charge in [0.1, 0.15) is 0 Å². The highest BCUT2D eigenvalue weighted by Crippen LogP contribution is 2.39. The summed E-state index contributed by atoms with van der Waals surface area (Å²) in [5.74, 6) is 0. The molecule has 0 atom stereocenters. The van der Waals surface area contributed by atoms with Gasteiger partial charge in [0.2, 0.25) is 6.41 Å². The molecule has 0 aliphatic heterocycles. The maximum Gasteiger partial charge on any atom is 0.416 e. The fourth-order valence-electron chi connectivity index (χ4n) is 4.54. The average molecular weight is 572 g/mol. The molecule has 0 spiro atoms. The van der Waals surface area contributed by atoms with Gasteiger partial charge in [0.05, 0.1) is 16.7 Å². The van der Waals surface area contributed by atoms with E-state index in [2.05, 4.69) is 42.6 Å². The molecule has 0 saturated carbocycles. The second-order valence-corrected chi connectivity index (χ2v) is 9.58. The van der Waals surface area contributed by atoms with E-state index < -0.39 is 29.0 Å². The number of amides is 1. The smallest absolute Gasteiger partial charge is 0.345 e. The Morgan fingerprint density at radius 3 is 1.46 bits per heavy atom. The van der Waals surface area contributed by atoms with Gasteiger partial charge in [-0.05, 0) is 59.4 Å². The van der Waals surface area contributed by atoms with E-state index in [1.807, 2.05) is 0 Å².